The highest BCUT2D eigenvalue weighted by atomic mass is 19.4. The van der Waals surface area contributed by atoms with Gasteiger partial charge in [-0.05, 0) is 36.2 Å². The van der Waals surface area contributed by atoms with Crippen LogP contribution in [0.4, 0.5) is 36.4 Å². The van der Waals surface area contributed by atoms with Gasteiger partial charge in [0.1, 0.15) is 0 Å². The summed E-state index contributed by atoms with van der Waals surface area (Å²) in [5.74, 6) is 0. The summed E-state index contributed by atoms with van der Waals surface area (Å²) < 4.78 is 94.7. The first kappa shape index (κ1) is 23.4. The van der Waals surface area contributed by atoms with E-state index in [0.717, 1.165) is 11.6 Å². The normalized spacial score (nSPS) is 13.0. The second-order valence-electron chi connectivity index (χ2n) is 7.31. The summed E-state index contributed by atoms with van der Waals surface area (Å²) >= 11 is 0. The molecule has 0 aliphatic heterocycles. The van der Waals surface area contributed by atoms with Crippen LogP contribution in [0.15, 0.2) is 46.0 Å². The van der Waals surface area contributed by atoms with Crippen molar-refractivity contribution in [2.45, 2.75) is 31.5 Å². The molecule has 0 aliphatic carbocycles. The second kappa shape index (κ2) is 7.38. The lowest BCUT2D eigenvalue weighted by molar-refractivity contribution is -0.348. The van der Waals surface area contributed by atoms with Gasteiger partial charge in [0, 0.05) is 18.3 Å². The number of nitrogens with zero attached hydrogens (tertiary/aromatic N) is 2. The van der Waals surface area contributed by atoms with Crippen molar-refractivity contribution in [1.29, 1.82) is 0 Å². The highest BCUT2D eigenvalue weighted by Gasteiger charge is 2.73. The Kier molecular flexibility index (Phi) is 5.39. The first-order chi connectivity index (χ1) is 14.6. The smallest absolute Gasteiger partial charge is 0.399 e. The van der Waals surface area contributed by atoms with Gasteiger partial charge in [-0.15, -0.1) is 0 Å². The van der Waals surface area contributed by atoms with E-state index in [1.54, 1.807) is 25.1 Å². The van der Waals surface area contributed by atoms with Crippen LogP contribution in [0.25, 0.3) is 10.9 Å². The minimum atomic E-state index is -6.33. The van der Waals surface area contributed by atoms with Crippen molar-refractivity contribution in [2.75, 3.05) is 5.73 Å². The highest BCUT2D eigenvalue weighted by Crippen LogP contribution is 2.53. The number of fused-ring (bicyclic) bond motifs is 1. The molecule has 32 heavy (non-hydrogen) atoms. The van der Waals surface area contributed by atoms with Crippen LogP contribution in [0.3, 0.4) is 0 Å². The zero-order valence-electron chi connectivity index (χ0n) is 16.6. The Morgan fingerprint density at radius 1 is 0.906 bits per heavy atom. The molecule has 0 atom stereocenters. The molecule has 0 bridgehead atoms. The van der Waals surface area contributed by atoms with Crippen LogP contribution in [-0.2, 0) is 19.3 Å². The molecule has 0 radical (unpaired) electrons. The van der Waals surface area contributed by atoms with E-state index >= 15 is 0 Å². The van der Waals surface area contributed by atoms with Crippen LogP contribution < -0.4 is 17.0 Å². The van der Waals surface area contributed by atoms with Gasteiger partial charge in [-0.3, -0.25) is 13.9 Å². The van der Waals surface area contributed by atoms with Crippen molar-refractivity contribution >= 4 is 16.6 Å². The fraction of sp³-hybridized carbons (Fsp3) is 0.300. The summed E-state index contributed by atoms with van der Waals surface area (Å²) in [5.41, 5.74) is -2.36. The quantitative estimate of drug-likeness (QED) is 0.473. The predicted molar refractivity (Wildman–Crippen MR) is 103 cm³/mol. The molecule has 2 N–H and O–H groups in total. The number of anilines is 1. The van der Waals surface area contributed by atoms with Crippen molar-refractivity contribution < 1.29 is 30.7 Å². The molecule has 0 saturated heterocycles. The van der Waals surface area contributed by atoms with Gasteiger partial charge < -0.3 is 5.73 Å². The van der Waals surface area contributed by atoms with Gasteiger partial charge in [0.15, 0.2) is 0 Å². The molecule has 3 aromatic rings. The Balaban J connectivity index is 2.31. The molecule has 0 amide bonds. The van der Waals surface area contributed by atoms with E-state index in [-0.39, 0.29) is 24.2 Å². The first-order valence-corrected chi connectivity index (χ1v) is 9.01. The van der Waals surface area contributed by atoms with E-state index in [2.05, 4.69) is 0 Å². The number of nitrogen functional groups attached to an aromatic ring is 1. The van der Waals surface area contributed by atoms with Gasteiger partial charge in [-0.25, -0.2) is 9.18 Å². The van der Waals surface area contributed by atoms with Crippen LogP contribution in [0.1, 0.15) is 16.7 Å². The van der Waals surface area contributed by atoms with Gasteiger partial charge in [0.25, 0.3) is 5.56 Å². The number of hydrogen-bond donors (Lipinski definition) is 1. The molecule has 1 heterocycles. The molecule has 12 heteroatoms. The molecule has 0 fully saturated rings. The highest BCUT2D eigenvalue weighted by molar-refractivity contribution is 5.79. The van der Waals surface area contributed by atoms with Gasteiger partial charge in [-0.1, -0.05) is 18.2 Å². The SMILES string of the molecule is Cc1cc(Cn2c(=O)n(C)c(=O)c3cc(C(F)(C(F)(F)F)C(F)(F)F)ccc32)ccc1N. The van der Waals surface area contributed by atoms with Crippen molar-refractivity contribution in [3.63, 3.8) is 0 Å². The van der Waals surface area contributed by atoms with Crippen LogP contribution in [0.5, 0.6) is 0 Å². The number of rotatable bonds is 3. The molecule has 172 valence electrons. The Labute approximate surface area is 175 Å². The number of nitrogens with two attached hydrogens (primary N) is 1. The molecule has 1 aromatic heterocycles. The van der Waals surface area contributed by atoms with Gasteiger partial charge in [0.05, 0.1) is 17.4 Å². The number of halogens is 7. The fourth-order valence-electron chi connectivity index (χ4n) is 3.37. The lowest BCUT2D eigenvalue weighted by Gasteiger charge is -2.30. The maximum absolute atomic E-state index is 14.5. The average molecular weight is 463 g/mol. The maximum atomic E-state index is 14.5. The van der Waals surface area contributed by atoms with Crippen LogP contribution in [0, 0.1) is 6.92 Å². The van der Waals surface area contributed by atoms with E-state index in [0.29, 0.717) is 27.4 Å². The van der Waals surface area contributed by atoms with Crippen LogP contribution in [0.2, 0.25) is 0 Å². The standard InChI is InChI=1S/C20H16F7N3O2/c1-10-7-11(3-5-14(10)28)9-30-15-6-4-12(8-13(15)16(31)29(2)17(30)32)18(21,19(22,23)24)20(25,26)27/h3-8H,9,28H2,1-2H3. The lowest BCUT2D eigenvalue weighted by Crippen LogP contribution is -2.50. The molecule has 5 nitrogen and oxygen atoms in total. The number of aryl methyl sites for hydroxylation is 1. The summed E-state index contributed by atoms with van der Waals surface area (Å²) in [4.78, 5) is 25.1. The van der Waals surface area contributed by atoms with Gasteiger partial charge in [-0.2, -0.15) is 26.3 Å². The van der Waals surface area contributed by atoms with E-state index in [4.69, 9.17) is 5.73 Å². The number of alkyl halides is 7. The zero-order chi connectivity index (χ0) is 24.2. The monoisotopic (exact) mass is 463 g/mol. The Morgan fingerprint density at radius 2 is 1.50 bits per heavy atom. The molecule has 0 aliphatic rings. The largest absolute Gasteiger partial charge is 0.435 e. The molecule has 0 saturated carbocycles. The van der Waals surface area contributed by atoms with Gasteiger partial charge >= 0.3 is 23.7 Å². The predicted octanol–water partition coefficient (Wildman–Crippen LogP) is 3.93. The molecule has 3 rings (SSSR count). The third-order valence-corrected chi connectivity index (χ3v) is 5.19. The fourth-order valence-corrected chi connectivity index (χ4v) is 3.37. The van der Waals surface area contributed by atoms with Crippen LogP contribution in [-0.4, -0.2) is 21.5 Å². The number of benzene rings is 2. The summed E-state index contributed by atoms with van der Waals surface area (Å²) in [6, 6.07) is 5.91. The van der Waals surface area contributed by atoms with Crippen molar-refractivity contribution in [2.24, 2.45) is 7.05 Å². The number of aromatic nitrogens is 2. The van der Waals surface area contributed by atoms with E-state index in [9.17, 15) is 40.3 Å². The summed E-state index contributed by atoms with van der Waals surface area (Å²) in [6.45, 7) is 1.53. The molecule has 0 unspecified atom stereocenters. The Hall–Kier alpha value is -3.31. The summed E-state index contributed by atoms with van der Waals surface area (Å²) in [5, 5.41) is -0.674. The zero-order valence-corrected chi connectivity index (χ0v) is 16.6. The minimum Gasteiger partial charge on any atom is -0.399 e. The second-order valence-corrected chi connectivity index (χ2v) is 7.31. The number of hydrogen-bond acceptors (Lipinski definition) is 3. The topological polar surface area (TPSA) is 70.0 Å². The van der Waals surface area contributed by atoms with Gasteiger partial charge in [0.2, 0.25) is 0 Å². The van der Waals surface area contributed by atoms with E-state index < -0.39 is 40.2 Å². The third kappa shape index (κ3) is 3.53. The maximum Gasteiger partial charge on any atom is 0.435 e. The average Bonchev–Trinajstić information content (AvgIpc) is 2.69. The van der Waals surface area contributed by atoms with Crippen LogP contribution >= 0.6 is 0 Å². The van der Waals surface area contributed by atoms with Crippen molar-refractivity contribution in [1.82, 2.24) is 9.13 Å². The molecular weight excluding hydrogens is 447 g/mol. The third-order valence-electron chi connectivity index (χ3n) is 5.19. The van der Waals surface area contributed by atoms with Crippen molar-refractivity contribution in [3.05, 3.63) is 73.9 Å². The summed E-state index contributed by atoms with van der Waals surface area (Å²) in [6.07, 6.45) is -12.7. The lowest BCUT2D eigenvalue weighted by atomic mass is 9.93. The molecule has 0 spiro atoms. The minimum absolute atomic E-state index is 0.163. The summed E-state index contributed by atoms with van der Waals surface area (Å²) in [7, 11) is 1.01. The molecular formula is C20H16F7N3O2. The first-order valence-electron chi connectivity index (χ1n) is 9.01. The van der Waals surface area contributed by atoms with E-state index in [1.165, 1.54) is 0 Å². The Morgan fingerprint density at radius 3 is 2.03 bits per heavy atom. The molecule has 2 aromatic carbocycles. The van der Waals surface area contributed by atoms with Crippen molar-refractivity contribution in [3.8, 4) is 0 Å². The Bertz CT molecular complexity index is 1310. The van der Waals surface area contributed by atoms with E-state index in [1.807, 2.05) is 0 Å².